The van der Waals surface area contributed by atoms with Crippen molar-refractivity contribution in [2.45, 2.75) is 0 Å². The molecule has 0 aromatic rings. The third kappa shape index (κ3) is 6.60. The van der Waals surface area contributed by atoms with Gasteiger partial charge in [0.15, 0.2) is 0 Å². The van der Waals surface area contributed by atoms with Crippen LogP contribution < -0.4 is 0 Å². The van der Waals surface area contributed by atoms with Gasteiger partial charge in [-0.3, -0.25) is 0 Å². The molecular formula is C4H11ClOS. The van der Waals surface area contributed by atoms with Gasteiger partial charge in [-0.2, -0.15) is 9.24 Å². The Morgan fingerprint density at radius 2 is 2.00 bits per heavy atom. The first-order chi connectivity index (χ1) is 3.06. The Bertz CT molecular complexity index is 50.1. The zero-order valence-corrected chi connectivity index (χ0v) is 6.22. The van der Waals surface area contributed by atoms with Crippen LogP contribution in [0.4, 0.5) is 0 Å². The number of hydrogen-bond acceptors (Lipinski definition) is 1. The van der Waals surface area contributed by atoms with Crippen molar-refractivity contribution in [2.75, 3.05) is 24.9 Å². The normalized spacial score (nSPS) is 14.3. The Labute approximate surface area is 50.5 Å². The fourth-order valence-electron chi connectivity index (χ4n) is 0.217. The lowest BCUT2D eigenvalue weighted by Gasteiger charge is -2.18. The molecule has 0 aromatic carbocycles. The predicted octanol–water partition coefficient (Wildman–Crippen LogP) is 1.20. The molecule has 0 saturated heterocycles. The molecule has 0 fully saturated rings. The van der Waals surface area contributed by atoms with Crippen LogP contribution in [-0.4, -0.2) is 30.0 Å². The van der Waals surface area contributed by atoms with Crippen LogP contribution in [-0.2, 0) is 0 Å². The average Bonchev–Trinajstić information content (AvgIpc) is 1.30. The monoisotopic (exact) mass is 142 g/mol. The SMILES string of the molecule is CS(C)(Cl)CCO. The second-order valence-corrected chi connectivity index (χ2v) is 7.55. The molecule has 46 valence electrons. The van der Waals surface area contributed by atoms with E-state index in [9.17, 15) is 0 Å². The van der Waals surface area contributed by atoms with E-state index in [1.807, 2.05) is 12.5 Å². The van der Waals surface area contributed by atoms with E-state index < -0.39 is 9.24 Å². The molecule has 0 amide bonds. The first-order valence-electron chi connectivity index (χ1n) is 2.08. The standard InChI is InChI=1S/C4H11ClOS/c1-7(2,5)4-3-6/h6H,3-4H2,1-2H3. The van der Waals surface area contributed by atoms with Gasteiger partial charge in [0.1, 0.15) is 0 Å². The molecule has 1 nitrogen and oxygen atoms in total. The average molecular weight is 143 g/mol. The first kappa shape index (κ1) is 7.60. The Balaban J connectivity index is 3.15. The highest BCUT2D eigenvalue weighted by Crippen LogP contribution is 2.44. The van der Waals surface area contributed by atoms with Gasteiger partial charge >= 0.3 is 0 Å². The molecule has 0 unspecified atom stereocenters. The molecule has 7 heavy (non-hydrogen) atoms. The van der Waals surface area contributed by atoms with E-state index in [2.05, 4.69) is 0 Å². The van der Waals surface area contributed by atoms with Crippen molar-refractivity contribution in [2.24, 2.45) is 0 Å². The largest absolute Gasteiger partial charge is 0.396 e. The van der Waals surface area contributed by atoms with Crippen LogP contribution in [0, 0.1) is 0 Å². The number of aliphatic hydroxyl groups is 1. The summed E-state index contributed by atoms with van der Waals surface area (Å²) in [6.07, 6.45) is 3.93. The molecule has 0 aliphatic carbocycles. The zero-order chi connectivity index (χ0) is 5.91. The fourth-order valence-corrected chi connectivity index (χ4v) is 0.858. The Kier molecular flexibility index (Phi) is 3.04. The van der Waals surface area contributed by atoms with Crippen molar-refractivity contribution < 1.29 is 5.11 Å². The summed E-state index contributed by atoms with van der Waals surface area (Å²) in [6.45, 7) is 0.214. The van der Waals surface area contributed by atoms with Crippen LogP contribution in [0.2, 0.25) is 0 Å². The molecule has 0 aliphatic heterocycles. The topological polar surface area (TPSA) is 20.2 Å². The summed E-state index contributed by atoms with van der Waals surface area (Å²) < 4.78 is 0. The van der Waals surface area contributed by atoms with Crippen molar-refractivity contribution in [1.82, 2.24) is 0 Å². The van der Waals surface area contributed by atoms with Gasteiger partial charge < -0.3 is 5.11 Å². The summed E-state index contributed by atoms with van der Waals surface area (Å²) >= 11 is 0. The van der Waals surface area contributed by atoms with Gasteiger partial charge in [-0.05, 0) is 12.5 Å². The van der Waals surface area contributed by atoms with E-state index in [1.165, 1.54) is 0 Å². The summed E-state index contributed by atoms with van der Waals surface area (Å²) in [5, 5.41) is 8.34. The molecule has 0 aromatic heterocycles. The summed E-state index contributed by atoms with van der Waals surface area (Å²) in [5.74, 6) is 0.745. The molecule has 0 rings (SSSR count). The quantitative estimate of drug-likeness (QED) is 0.615. The summed E-state index contributed by atoms with van der Waals surface area (Å²) in [6, 6.07) is 0. The van der Waals surface area contributed by atoms with Crippen LogP contribution in [0.25, 0.3) is 0 Å². The van der Waals surface area contributed by atoms with Crippen molar-refractivity contribution in [3.8, 4) is 0 Å². The van der Waals surface area contributed by atoms with Gasteiger partial charge in [-0.15, -0.1) is 0 Å². The van der Waals surface area contributed by atoms with Gasteiger partial charge in [0.2, 0.25) is 0 Å². The zero-order valence-electron chi connectivity index (χ0n) is 4.65. The minimum atomic E-state index is -0.952. The summed E-state index contributed by atoms with van der Waals surface area (Å²) in [5.41, 5.74) is 0. The van der Waals surface area contributed by atoms with Crippen LogP contribution in [0.15, 0.2) is 0 Å². The Morgan fingerprint density at radius 3 is 2.00 bits per heavy atom. The van der Waals surface area contributed by atoms with Crippen molar-refractivity contribution in [3.05, 3.63) is 0 Å². The number of aliphatic hydroxyl groups excluding tert-OH is 1. The number of halogens is 1. The third-order valence-corrected chi connectivity index (χ3v) is 2.19. The van der Waals surface area contributed by atoms with Gasteiger partial charge in [-0.1, -0.05) is 10.7 Å². The molecule has 0 radical (unpaired) electrons. The lowest BCUT2D eigenvalue weighted by Crippen LogP contribution is -1.97. The molecule has 3 heteroatoms. The lowest BCUT2D eigenvalue weighted by atomic mass is 10.9. The molecule has 1 N–H and O–H groups in total. The van der Waals surface area contributed by atoms with E-state index in [-0.39, 0.29) is 6.61 Å². The second kappa shape index (κ2) is 2.80. The van der Waals surface area contributed by atoms with Crippen molar-refractivity contribution in [1.29, 1.82) is 0 Å². The second-order valence-electron chi connectivity index (χ2n) is 1.83. The number of hydrogen-bond donors (Lipinski definition) is 1. The Morgan fingerprint density at radius 1 is 1.57 bits per heavy atom. The maximum absolute atomic E-state index is 8.34. The summed E-state index contributed by atoms with van der Waals surface area (Å²) in [7, 11) is 4.80. The molecule has 0 heterocycles. The van der Waals surface area contributed by atoms with Gasteiger partial charge in [0, 0.05) is 5.75 Å². The molecule has 0 bridgehead atoms. The predicted molar refractivity (Wildman–Crippen MR) is 37.2 cm³/mol. The van der Waals surface area contributed by atoms with Crippen molar-refractivity contribution >= 4 is 19.9 Å². The highest BCUT2D eigenvalue weighted by atomic mass is 35.7. The van der Waals surface area contributed by atoms with Crippen LogP contribution in [0.3, 0.4) is 0 Å². The minimum absolute atomic E-state index is 0.214. The van der Waals surface area contributed by atoms with Gasteiger partial charge in [-0.25, -0.2) is 0 Å². The molecule has 0 spiro atoms. The molecule has 0 aliphatic rings. The fraction of sp³-hybridized carbons (Fsp3) is 1.00. The Hall–Kier alpha value is 0.600. The van der Waals surface area contributed by atoms with E-state index in [4.69, 9.17) is 15.8 Å². The van der Waals surface area contributed by atoms with Crippen LogP contribution in [0.1, 0.15) is 0 Å². The van der Waals surface area contributed by atoms with E-state index in [0.29, 0.717) is 0 Å². The first-order valence-corrected chi connectivity index (χ1v) is 5.52. The maximum Gasteiger partial charge on any atom is 0.0517 e. The van der Waals surface area contributed by atoms with Gasteiger partial charge in [0.05, 0.1) is 6.61 Å². The van der Waals surface area contributed by atoms with Crippen LogP contribution >= 0.6 is 19.9 Å². The lowest BCUT2D eigenvalue weighted by molar-refractivity contribution is 0.322. The smallest absolute Gasteiger partial charge is 0.0517 e. The van der Waals surface area contributed by atoms with E-state index in [0.717, 1.165) is 5.75 Å². The maximum atomic E-state index is 8.34. The summed E-state index contributed by atoms with van der Waals surface area (Å²) in [4.78, 5) is 0. The van der Waals surface area contributed by atoms with Crippen molar-refractivity contribution in [3.63, 3.8) is 0 Å². The highest BCUT2D eigenvalue weighted by Gasteiger charge is 2.02. The van der Waals surface area contributed by atoms with Crippen LogP contribution in [0.5, 0.6) is 0 Å². The molecule has 0 saturated carbocycles. The van der Waals surface area contributed by atoms with E-state index >= 15 is 0 Å². The minimum Gasteiger partial charge on any atom is -0.396 e. The molecular weight excluding hydrogens is 132 g/mol. The highest BCUT2D eigenvalue weighted by molar-refractivity contribution is 8.50. The third-order valence-electron chi connectivity index (χ3n) is 0.577. The van der Waals surface area contributed by atoms with E-state index in [1.54, 1.807) is 0 Å². The molecule has 0 atom stereocenters. The number of rotatable bonds is 2. The van der Waals surface area contributed by atoms with Gasteiger partial charge in [0.25, 0.3) is 0 Å².